The highest BCUT2D eigenvalue weighted by molar-refractivity contribution is 9.09. The van der Waals surface area contributed by atoms with Crippen LogP contribution in [0, 0.1) is 5.92 Å². The Balaban J connectivity index is 2.85. The van der Waals surface area contributed by atoms with E-state index < -0.39 is 0 Å². The second-order valence-corrected chi connectivity index (χ2v) is 6.90. The Morgan fingerprint density at radius 1 is 1.22 bits per heavy atom. The molecule has 1 rings (SSSR count). The standard InChI is InChI=1S/C15H21Br2Cl/c1-12(2)5-4-8-15(10-16,11-17)13-6-3-7-14(18)9-13/h3,6-7,9,12H,4-5,8,10-11H2,1-2H3. The van der Waals surface area contributed by atoms with Gasteiger partial charge in [0.25, 0.3) is 0 Å². The van der Waals surface area contributed by atoms with Crippen molar-refractivity contribution < 1.29 is 0 Å². The summed E-state index contributed by atoms with van der Waals surface area (Å²) >= 11 is 13.5. The molecule has 3 heteroatoms. The lowest BCUT2D eigenvalue weighted by atomic mass is 9.79. The molecule has 0 aliphatic rings. The Bertz CT molecular complexity index is 359. The molecule has 0 radical (unpaired) electrons. The van der Waals surface area contributed by atoms with Crippen molar-refractivity contribution in [2.45, 2.75) is 38.5 Å². The predicted octanol–water partition coefficient (Wildman–Crippen LogP) is 6.19. The summed E-state index contributed by atoms with van der Waals surface area (Å²) in [6.07, 6.45) is 3.71. The average molecular weight is 397 g/mol. The predicted molar refractivity (Wildman–Crippen MR) is 89.4 cm³/mol. The van der Waals surface area contributed by atoms with Gasteiger partial charge in [0.15, 0.2) is 0 Å². The van der Waals surface area contributed by atoms with E-state index in [-0.39, 0.29) is 5.41 Å². The van der Waals surface area contributed by atoms with E-state index in [1.54, 1.807) is 0 Å². The zero-order valence-corrected chi connectivity index (χ0v) is 15.0. The molecule has 1 aromatic rings. The summed E-state index contributed by atoms with van der Waals surface area (Å²) in [4.78, 5) is 0. The number of hydrogen-bond donors (Lipinski definition) is 0. The third-order valence-electron chi connectivity index (χ3n) is 3.39. The number of rotatable bonds is 7. The maximum atomic E-state index is 6.12. The van der Waals surface area contributed by atoms with Crippen molar-refractivity contribution >= 4 is 43.5 Å². The first-order valence-electron chi connectivity index (χ1n) is 6.42. The molecule has 0 N–H and O–H groups in total. The summed E-state index contributed by atoms with van der Waals surface area (Å²) in [5, 5.41) is 2.75. The molecule has 0 fully saturated rings. The molecular formula is C15H21Br2Cl. The Hall–Kier alpha value is 0.470. The maximum absolute atomic E-state index is 6.12. The summed E-state index contributed by atoms with van der Waals surface area (Å²) < 4.78 is 0. The van der Waals surface area contributed by atoms with Crippen molar-refractivity contribution in [2.24, 2.45) is 5.92 Å². The lowest BCUT2D eigenvalue weighted by molar-refractivity contribution is 0.439. The smallest absolute Gasteiger partial charge is 0.0408 e. The summed E-state index contributed by atoms with van der Waals surface area (Å²) in [5.41, 5.74) is 1.48. The van der Waals surface area contributed by atoms with Crippen LogP contribution in [0.1, 0.15) is 38.7 Å². The van der Waals surface area contributed by atoms with E-state index in [1.165, 1.54) is 24.8 Å². The number of benzene rings is 1. The van der Waals surface area contributed by atoms with Crippen molar-refractivity contribution in [1.29, 1.82) is 0 Å². The normalized spacial score (nSPS) is 12.1. The Morgan fingerprint density at radius 2 is 1.89 bits per heavy atom. The Morgan fingerprint density at radius 3 is 2.39 bits per heavy atom. The van der Waals surface area contributed by atoms with Crippen LogP contribution in [0.4, 0.5) is 0 Å². The number of alkyl halides is 2. The third-order valence-corrected chi connectivity index (χ3v) is 5.77. The molecule has 0 amide bonds. The molecule has 0 aliphatic carbocycles. The second kappa shape index (κ2) is 7.91. The van der Waals surface area contributed by atoms with Crippen LogP contribution in [0.2, 0.25) is 5.02 Å². The third kappa shape index (κ3) is 4.54. The lowest BCUT2D eigenvalue weighted by Crippen LogP contribution is -2.30. The van der Waals surface area contributed by atoms with Gasteiger partial charge >= 0.3 is 0 Å². The van der Waals surface area contributed by atoms with Crippen LogP contribution < -0.4 is 0 Å². The highest BCUT2D eigenvalue weighted by Gasteiger charge is 2.29. The van der Waals surface area contributed by atoms with Gasteiger partial charge in [0.2, 0.25) is 0 Å². The number of hydrogen-bond acceptors (Lipinski definition) is 0. The van der Waals surface area contributed by atoms with Gasteiger partial charge in [0, 0.05) is 21.1 Å². The summed E-state index contributed by atoms with van der Waals surface area (Å²) in [7, 11) is 0. The first-order valence-corrected chi connectivity index (χ1v) is 9.04. The Labute approximate surface area is 133 Å². The van der Waals surface area contributed by atoms with Crippen LogP contribution in [0.5, 0.6) is 0 Å². The van der Waals surface area contributed by atoms with E-state index in [0.717, 1.165) is 21.6 Å². The molecule has 18 heavy (non-hydrogen) atoms. The fourth-order valence-corrected chi connectivity index (χ4v) is 4.46. The molecule has 0 heterocycles. The second-order valence-electron chi connectivity index (χ2n) is 5.34. The summed E-state index contributed by atoms with van der Waals surface area (Å²) in [5.74, 6) is 0.771. The molecule has 1 aromatic carbocycles. The van der Waals surface area contributed by atoms with Gasteiger partial charge in [-0.25, -0.2) is 0 Å². The highest BCUT2D eigenvalue weighted by atomic mass is 79.9. The van der Waals surface area contributed by atoms with E-state index in [0.29, 0.717) is 0 Å². The largest absolute Gasteiger partial charge is 0.0918 e. The van der Waals surface area contributed by atoms with Crippen molar-refractivity contribution in [3.8, 4) is 0 Å². The van der Waals surface area contributed by atoms with E-state index >= 15 is 0 Å². The summed E-state index contributed by atoms with van der Waals surface area (Å²) in [6.45, 7) is 4.56. The molecule has 0 aromatic heterocycles. The highest BCUT2D eigenvalue weighted by Crippen LogP contribution is 2.35. The monoisotopic (exact) mass is 394 g/mol. The summed E-state index contributed by atoms with van der Waals surface area (Å²) in [6, 6.07) is 8.26. The zero-order chi connectivity index (χ0) is 13.6. The number of halogens is 3. The maximum Gasteiger partial charge on any atom is 0.0408 e. The van der Waals surface area contributed by atoms with Gasteiger partial charge in [0.05, 0.1) is 0 Å². The van der Waals surface area contributed by atoms with Gasteiger partial charge < -0.3 is 0 Å². The van der Waals surface area contributed by atoms with Gasteiger partial charge in [-0.2, -0.15) is 0 Å². The minimum Gasteiger partial charge on any atom is -0.0918 e. The van der Waals surface area contributed by atoms with Crippen molar-refractivity contribution in [2.75, 3.05) is 10.7 Å². The lowest BCUT2D eigenvalue weighted by Gasteiger charge is -2.31. The van der Waals surface area contributed by atoms with Gasteiger partial charge in [-0.1, -0.05) is 82.3 Å². The van der Waals surface area contributed by atoms with Gasteiger partial charge in [-0.3, -0.25) is 0 Å². The van der Waals surface area contributed by atoms with Crippen LogP contribution in [-0.4, -0.2) is 10.7 Å². The van der Waals surface area contributed by atoms with E-state index in [2.05, 4.69) is 57.8 Å². The first-order chi connectivity index (χ1) is 8.54. The van der Waals surface area contributed by atoms with Gasteiger partial charge in [0.1, 0.15) is 0 Å². The van der Waals surface area contributed by atoms with Gasteiger partial charge in [-0.15, -0.1) is 0 Å². The fourth-order valence-electron chi connectivity index (χ4n) is 2.14. The first kappa shape index (κ1) is 16.5. The van der Waals surface area contributed by atoms with E-state index in [1.807, 2.05) is 12.1 Å². The molecule has 0 unspecified atom stereocenters. The van der Waals surface area contributed by atoms with Crippen molar-refractivity contribution in [1.82, 2.24) is 0 Å². The van der Waals surface area contributed by atoms with E-state index in [9.17, 15) is 0 Å². The quantitative estimate of drug-likeness (QED) is 0.482. The van der Waals surface area contributed by atoms with Crippen LogP contribution >= 0.6 is 43.5 Å². The molecule has 0 aliphatic heterocycles. The van der Waals surface area contributed by atoms with E-state index in [4.69, 9.17) is 11.6 Å². The Kier molecular flexibility index (Phi) is 7.27. The molecular weight excluding hydrogens is 375 g/mol. The van der Waals surface area contributed by atoms with Gasteiger partial charge in [-0.05, 0) is 30.0 Å². The van der Waals surface area contributed by atoms with Crippen molar-refractivity contribution in [3.05, 3.63) is 34.9 Å². The molecule has 0 saturated heterocycles. The van der Waals surface area contributed by atoms with Crippen LogP contribution in [-0.2, 0) is 5.41 Å². The zero-order valence-electron chi connectivity index (χ0n) is 11.1. The molecule has 0 atom stereocenters. The molecule has 0 saturated carbocycles. The van der Waals surface area contributed by atoms with Crippen LogP contribution in [0.15, 0.2) is 24.3 Å². The van der Waals surface area contributed by atoms with Crippen LogP contribution in [0.25, 0.3) is 0 Å². The van der Waals surface area contributed by atoms with Crippen LogP contribution in [0.3, 0.4) is 0 Å². The molecule has 0 nitrogen and oxygen atoms in total. The topological polar surface area (TPSA) is 0 Å². The molecule has 0 bridgehead atoms. The molecule has 102 valence electrons. The fraction of sp³-hybridized carbons (Fsp3) is 0.600. The van der Waals surface area contributed by atoms with Crippen molar-refractivity contribution in [3.63, 3.8) is 0 Å². The SMILES string of the molecule is CC(C)CCCC(CBr)(CBr)c1cccc(Cl)c1. The minimum atomic E-state index is 0.153. The minimum absolute atomic E-state index is 0.153. The molecule has 0 spiro atoms. The average Bonchev–Trinajstić information content (AvgIpc) is 2.35.